The SMILES string of the molecule is C=C(Br)CNC1CCC(C)(C)CC1. The third-order valence-corrected chi connectivity index (χ3v) is 3.20. The average molecular weight is 246 g/mol. The molecule has 0 aliphatic heterocycles. The number of hydrogen-bond donors (Lipinski definition) is 1. The van der Waals surface area contributed by atoms with Crippen molar-refractivity contribution >= 4 is 15.9 Å². The quantitative estimate of drug-likeness (QED) is 0.804. The van der Waals surface area contributed by atoms with Crippen molar-refractivity contribution in [2.24, 2.45) is 5.41 Å². The molecule has 0 bridgehead atoms. The van der Waals surface area contributed by atoms with Crippen LogP contribution in [0.2, 0.25) is 0 Å². The first kappa shape index (κ1) is 11.3. The van der Waals surface area contributed by atoms with E-state index in [1.54, 1.807) is 0 Å². The third kappa shape index (κ3) is 4.28. The first-order valence-electron chi connectivity index (χ1n) is 5.06. The fraction of sp³-hybridized carbons (Fsp3) is 0.818. The Hall–Kier alpha value is 0.180. The number of rotatable bonds is 3. The molecule has 13 heavy (non-hydrogen) atoms. The lowest BCUT2D eigenvalue weighted by atomic mass is 9.75. The van der Waals surface area contributed by atoms with Crippen molar-refractivity contribution in [2.45, 2.75) is 45.6 Å². The highest BCUT2D eigenvalue weighted by Crippen LogP contribution is 2.34. The molecule has 0 unspecified atom stereocenters. The fourth-order valence-electron chi connectivity index (χ4n) is 1.86. The van der Waals surface area contributed by atoms with Gasteiger partial charge in [0.2, 0.25) is 0 Å². The van der Waals surface area contributed by atoms with E-state index in [4.69, 9.17) is 0 Å². The van der Waals surface area contributed by atoms with Crippen LogP contribution in [0.15, 0.2) is 11.1 Å². The van der Waals surface area contributed by atoms with Crippen LogP contribution >= 0.6 is 15.9 Å². The lowest BCUT2D eigenvalue weighted by molar-refractivity contribution is 0.209. The topological polar surface area (TPSA) is 12.0 Å². The van der Waals surface area contributed by atoms with Crippen molar-refractivity contribution < 1.29 is 0 Å². The molecule has 0 aromatic heterocycles. The molecule has 0 radical (unpaired) electrons. The van der Waals surface area contributed by atoms with Gasteiger partial charge in [0.05, 0.1) is 0 Å². The molecule has 0 atom stereocenters. The molecule has 76 valence electrons. The van der Waals surface area contributed by atoms with Crippen LogP contribution in [0.1, 0.15) is 39.5 Å². The summed E-state index contributed by atoms with van der Waals surface area (Å²) in [4.78, 5) is 0. The Kier molecular flexibility index (Phi) is 3.99. The van der Waals surface area contributed by atoms with Gasteiger partial charge in [0, 0.05) is 17.1 Å². The minimum Gasteiger partial charge on any atom is -0.309 e. The molecule has 0 saturated heterocycles. The molecule has 0 amide bonds. The maximum atomic E-state index is 3.82. The summed E-state index contributed by atoms with van der Waals surface area (Å²) in [5, 5.41) is 3.51. The monoisotopic (exact) mass is 245 g/mol. The van der Waals surface area contributed by atoms with E-state index in [0.29, 0.717) is 11.5 Å². The zero-order chi connectivity index (χ0) is 9.90. The summed E-state index contributed by atoms with van der Waals surface area (Å²) < 4.78 is 1.05. The van der Waals surface area contributed by atoms with Gasteiger partial charge in [0.25, 0.3) is 0 Å². The van der Waals surface area contributed by atoms with E-state index in [1.807, 2.05) is 0 Å². The summed E-state index contributed by atoms with van der Waals surface area (Å²) in [6, 6.07) is 0.710. The van der Waals surface area contributed by atoms with Crippen LogP contribution in [-0.4, -0.2) is 12.6 Å². The highest BCUT2D eigenvalue weighted by molar-refractivity contribution is 9.11. The van der Waals surface area contributed by atoms with Crippen molar-refractivity contribution in [3.05, 3.63) is 11.1 Å². The van der Waals surface area contributed by atoms with Gasteiger partial charge in [-0.2, -0.15) is 0 Å². The second-order valence-electron chi connectivity index (χ2n) is 4.84. The van der Waals surface area contributed by atoms with E-state index in [9.17, 15) is 0 Å². The zero-order valence-corrected chi connectivity index (χ0v) is 10.3. The molecule has 2 heteroatoms. The lowest BCUT2D eigenvalue weighted by Crippen LogP contribution is -2.36. The van der Waals surface area contributed by atoms with E-state index >= 15 is 0 Å². The molecule has 0 spiro atoms. The second-order valence-corrected chi connectivity index (χ2v) is 5.96. The first-order valence-corrected chi connectivity index (χ1v) is 5.85. The highest BCUT2D eigenvalue weighted by atomic mass is 79.9. The van der Waals surface area contributed by atoms with Crippen LogP contribution in [0.3, 0.4) is 0 Å². The maximum absolute atomic E-state index is 3.82. The normalized spacial score (nSPS) is 23.0. The summed E-state index contributed by atoms with van der Waals surface area (Å²) in [7, 11) is 0. The molecular weight excluding hydrogens is 226 g/mol. The molecule has 0 aromatic carbocycles. The smallest absolute Gasteiger partial charge is 0.0268 e. The van der Waals surface area contributed by atoms with E-state index in [-0.39, 0.29) is 0 Å². The third-order valence-electron chi connectivity index (χ3n) is 2.92. The molecule has 1 rings (SSSR count). The molecule has 1 fully saturated rings. The van der Waals surface area contributed by atoms with E-state index < -0.39 is 0 Å². The summed E-state index contributed by atoms with van der Waals surface area (Å²) in [6.07, 6.45) is 5.32. The number of halogens is 1. The summed E-state index contributed by atoms with van der Waals surface area (Å²) >= 11 is 3.37. The van der Waals surface area contributed by atoms with E-state index in [0.717, 1.165) is 11.0 Å². The molecule has 0 heterocycles. The van der Waals surface area contributed by atoms with Gasteiger partial charge in [0.1, 0.15) is 0 Å². The van der Waals surface area contributed by atoms with Gasteiger partial charge in [-0.1, -0.05) is 36.4 Å². The Morgan fingerprint density at radius 1 is 1.46 bits per heavy atom. The Balaban J connectivity index is 2.21. The van der Waals surface area contributed by atoms with Gasteiger partial charge >= 0.3 is 0 Å². The summed E-state index contributed by atoms with van der Waals surface area (Å²) in [5.74, 6) is 0. The van der Waals surface area contributed by atoms with Crippen LogP contribution in [0, 0.1) is 5.41 Å². The van der Waals surface area contributed by atoms with Crippen molar-refractivity contribution in [2.75, 3.05) is 6.54 Å². The predicted octanol–water partition coefficient (Wildman–Crippen LogP) is 3.45. The van der Waals surface area contributed by atoms with Crippen LogP contribution in [0.5, 0.6) is 0 Å². The van der Waals surface area contributed by atoms with E-state index in [1.165, 1.54) is 25.7 Å². The van der Waals surface area contributed by atoms with Crippen molar-refractivity contribution in [3.8, 4) is 0 Å². The van der Waals surface area contributed by atoms with Crippen molar-refractivity contribution in [1.82, 2.24) is 5.32 Å². The Morgan fingerprint density at radius 3 is 2.46 bits per heavy atom. The van der Waals surface area contributed by atoms with Crippen LogP contribution in [-0.2, 0) is 0 Å². The van der Waals surface area contributed by atoms with Gasteiger partial charge in [-0.25, -0.2) is 0 Å². The molecule has 1 saturated carbocycles. The standard InChI is InChI=1S/C11H20BrN/c1-9(12)8-13-10-4-6-11(2,3)7-5-10/h10,13H,1,4-8H2,2-3H3. The van der Waals surface area contributed by atoms with Crippen LogP contribution in [0.25, 0.3) is 0 Å². The van der Waals surface area contributed by atoms with E-state index in [2.05, 4.69) is 41.7 Å². The minimum atomic E-state index is 0.573. The van der Waals surface area contributed by atoms with Crippen molar-refractivity contribution in [1.29, 1.82) is 0 Å². The fourth-order valence-corrected chi connectivity index (χ4v) is 2.02. The van der Waals surface area contributed by atoms with Gasteiger partial charge < -0.3 is 5.32 Å². The summed E-state index contributed by atoms with van der Waals surface area (Å²) in [6.45, 7) is 9.47. The molecule has 1 nitrogen and oxygen atoms in total. The van der Waals surface area contributed by atoms with Gasteiger partial charge in [-0.3, -0.25) is 0 Å². The Bertz CT molecular complexity index is 177. The molecule has 0 aromatic rings. The Morgan fingerprint density at radius 2 is 2.00 bits per heavy atom. The molecule has 1 aliphatic carbocycles. The maximum Gasteiger partial charge on any atom is 0.0268 e. The average Bonchev–Trinajstić information content (AvgIpc) is 2.02. The number of nitrogens with one attached hydrogen (secondary N) is 1. The highest BCUT2D eigenvalue weighted by Gasteiger charge is 2.26. The van der Waals surface area contributed by atoms with Gasteiger partial charge in [-0.05, 0) is 31.1 Å². The summed E-state index contributed by atoms with van der Waals surface area (Å²) in [5.41, 5.74) is 0.573. The lowest BCUT2D eigenvalue weighted by Gasteiger charge is -2.34. The molecule has 1 N–H and O–H groups in total. The molecule has 1 aliphatic rings. The number of hydrogen-bond acceptors (Lipinski definition) is 1. The van der Waals surface area contributed by atoms with Crippen molar-refractivity contribution in [3.63, 3.8) is 0 Å². The van der Waals surface area contributed by atoms with Crippen LogP contribution in [0.4, 0.5) is 0 Å². The Labute approximate surface area is 90.1 Å². The molecular formula is C11H20BrN. The van der Waals surface area contributed by atoms with Gasteiger partial charge in [-0.15, -0.1) is 0 Å². The largest absolute Gasteiger partial charge is 0.309 e. The zero-order valence-electron chi connectivity index (χ0n) is 8.70. The predicted molar refractivity (Wildman–Crippen MR) is 62.1 cm³/mol. The minimum absolute atomic E-state index is 0.573. The second kappa shape index (κ2) is 4.61. The van der Waals surface area contributed by atoms with Gasteiger partial charge in [0.15, 0.2) is 0 Å². The van der Waals surface area contributed by atoms with Crippen LogP contribution < -0.4 is 5.32 Å². The first-order chi connectivity index (χ1) is 5.99.